The van der Waals surface area contributed by atoms with E-state index in [1.54, 1.807) is 0 Å². The molecule has 6 rings (SSSR count). The standard InChI is InChI=1S/2C23H27.C2H6Si.Zr/c2*1-6-16(2)18-14-17-10-9-12-19(21(17)15-18)20-11-7-8-13-22(20)23(3,4)5;1-3-2;/h2*7-16H,6H2,1-5H3;1-2H3;/q2*-1;;+2. The minimum absolute atomic E-state index is 0. The molecule has 0 aliphatic rings. The summed E-state index contributed by atoms with van der Waals surface area (Å²) in [6, 6.07) is 40.6. The molecular weight excluding hydrogens is 696 g/mol. The largest absolute Gasteiger partial charge is 2.00 e. The van der Waals surface area contributed by atoms with Gasteiger partial charge >= 0.3 is 26.2 Å². The fraction of sp³-hybridized carbons (Fsp3) is 0.375. The molecule has 2 atom stereocenters. The summed E-state index contributed by atoms with van der Waals surface area (Å²) in [6.07, 6.45) is 2.37. The molecule has 2 heteroatoms. The van der Waals surface area contributed by atoms with Crippen LogP contribution >= 0.6 is 0 Å². The summed E-state index contributed by atoms with van der Waals surface area (Å²) in [7, 11) is 1.08. The van der Waals surface area contributed by atoms with Crippen LogP contribution in [0, 0.1) is 0 Å². The molecule has 0 amide bonds. The SMILES string of the molecule is CCC(C)c1cc2c(-c3ccccc3C(C)(C)C)cccc2[cH-]1.CCC(C)c1cc2c(-c3ccccc3C(C)(C)C)cccc2[cH-]1.C[Si]C.[Zr+2]. The Labute approximate surface area is 326 Å². The van der Waals surface area contributed by atoms with Crippen LogP contribution < -0.4 is 0 Å². The molecule has 0 fully saturated rings. The average Bonchev–Trinajstić information content (AvgIpc) is 3.72. The Kier molecular flexibility index (Phi) is 15.1. The first-order chi connectivity index (χ1) is 23.2. The van der Waals surface area contributed by atoms with Crippen molar-refractivity contribution in [2.24, 2.45) is 0 Å². The van der Waals surface area contributed by atoms with E-state index >= 15 is 0 Å². The fourth-order valence-corrected chi connectivity index (χ4v) is 6.77. The predicted octanol–water partition coefficient (Wildman–Crippen LogP) is 14.9. The van der Waals surface area contributed by atoms with Gasteiger partial charge in [0.15, 0.2) is 0 Å². The zero-order chi connectivity index (χ0) is 35.9. The monoisotopic (exact) mass is 754 g/mol. The van der Waals surface area contributed by atoms with E-state index in [1.165, 1.54) is 78.9 Å². The summed E-state index contributed by atoms with van der Waals surface area (Å²) >= 11 is 0. The molecule has 6 aromatic carbocycles. The Balaban J connectivity index is 0.000000246. The summed E-state index contributed by atoms with van der Waals surface area (Å²) in [5, 5.41) is 5.50. The first-order valence-corrected chi connectivity index (χ1v) is 20.4. The molecule has 0 saturated carbocycles. The fourth-order valence-electron chi connectivity index (χ4n) is 6.77. The van der Waals surface area contributed by atoms with Crippen LogP contribution in [0.1, 0.15) is 116 Å². The van der Waals surface area contributed by atoms with Gasteiger partial charge < -0.3 is 0 Å². The second kappa shape index (κ2) is 18.1. The van der Waals surface area contributed by atoms with Gasteiger partial charge in [-0.15, -0.1) is 69.1 Å². The second-order valence-corrected chi connectivity index (χ2v) is 16.9. The molecule has 0 aliphatic carbocycles. The van der Waals surface area contributed by atoms with Crippen molar-refractivity contribution in [3.63, 3.8) is 0 Å². The first kappa shape index (κ1) is 41.6. The average molecular weight is 756 g/mol. The molecule has 50 heavy (non-hydrogen) atoms. The quantitative estimate of drug-likeness (QED) is 0.117. The van der Waals surface area contributed by atoms with Crippen LogP contribution in [-0.2, 0) is 37.0 Å². The van der Waals surface area contributed by atoms with Crippen LogP contribution in [0.5, 0.6) is 0 Å². The predicted molar refractivity (Wildman–Crippen MR) is 222 cm³/mol. The van der Waals surface area contributed by atoms with Crippen LogP contribution in [0.2, 0.25) is 13.1 Å². The van der Waals surface area contributed by atoms with Crippen molar-refractivity contribution in [1.82, 2.24) is 0 Å². The summed E-state index contributed by atoms with van der Waals surface area (Å²) in [4.78, 5) is 0. The minimum Gasteiger partial charge on any atom is -0.164 e. The van der Waals surface area contributed by atoms with Crippen molar-refractivity contribution in [3.05, 3.63) is 131 Å². The molecule has 0 bridgehead atoms. The summed E-state index contributed by atoms with van der Waals surface area (Å²) in [5.74, 6) is 1.24. The molecule has 0 heterocycles. The van der Waals surface area contributed by atoms with Crippen molar-refractivity contribution in [2.45, 2.75) is 118 Å². The summed E-state index contributed by atoms with van der Waals surface area (Å²) in [5.41, 5.74) is 11.5. The van der Waals surface area contributed by atoms with Gasteiger partial charge in [-0.05, 0) is 44.9 Å². The zero-order valence-electron chi connectivity index (χ0n) is 33.0. The van der Waals surface area contributed by atoms with Crippen LogP contribution in [0.15, 0.2) is 109 Å². The Hall–Kier alpha value is -2.80. The van der Waals surface area contributed by atoms with Crippen LogP contribution in [0.25, 0.3) is 43.8 Å². The van der Waals surface area contributed by atoms with E-state index in [9.17, 15) is 0 Å². The molecule has 0 aromatic heterocycles. The van der Waals surface area contributed by atoms with E-state index in [2.05, 4.69) is 192 Å². The van der Waals surface area contributed by atoms with Crippen LogP contribution in [0.3, 0.4) is 0 Å². The van der Waals surface area contributed by atoms with Crippen LogP contribution in [-0.4, -0.2) is 9.52 Å². The van der Waals surface area contributed by atoms with Gasteiger partial charge in [0.1, 0.15) is 0 Å². The topological polar surface area (TPSA) is 0 Å². The van der Waals surface area contributed by atoms with Crippen molar-refractivity contribution in [3.8, 4) is 22.3 Å². The molecule has 6 aromatic rings. The van der Waals surface area contributed by atoms with Gasteiger partial charge in [0, 0.05) is 9.52 Å². The summed E-state index contributed by atoms with van der Waals surface area (Å²) < 4.78 is 0. The normalized spacial score (nSPS) is 12.7. The number of hydrogen-bond donors (Lipinski definition) is 0. The molecule has 260 valence electrons. The van der Waals surface area contributed by atoms with Crippen molar-refractivity contribution in [1.29, 1.82) is 0 Å². The Bertz CT molecular complexity index is 1800. The molecule has 2 unspecified atom stereocenters. The number of benzene rings is 4. The summed E-state index contributed by atoms with van der Waals surface area (Å²) in [6.45, 7) is 27.2. The van der Waals surface area contributed by atoms with Gasteiger partial charge in [0.2, 0.25) is 0 Å². The molecular formula is C48H60SiZr. The van der Waals surface area contributed by atoms with Gasteiger partial charge in [-0.1, -0.05) is 167 Å². The van der Waals surface area contributed by atoms with Crippen LogP contribution in [0.4, 0.5) is 0 Å². The third-order valence-electron chi connectivity index (χ3n) is 9.96. The van der Waals surface area contributed by atoms with Gasteiger partial charge in [-0.3, -0.25) is 0 Å². The van der Waals surface area contributed by atoms with Crippen molar-refractivity contribution >= 4 is 31.1 Å². The molecule has 0 N–H and O–H groups in total. The molecule has 2 radical (unpaired) electrons. The number of hydrogen-bond acceptors (Lipinski definition) is 0. The maximum Gasteiger partial charge on any atom is 2.00 e. The van der Waals surface area contributed by atoms with Crippen molar-refractivity contribution in [2.75, 3.05) is 0 Å². The van der Waals surface area contributed by atoms with Gasteiger partial charge in [-0.2, -0.15) is 12.1 Å². The molecule has 0 aliphatic heterocycles. The Morgan fingerprint density at radius 1 is 0.520 bits per heavy atom. The Morgan fingerprint density at radius 3 is 1.16 bits per heavy atom. The third-order valence-corrected chi connectivity index (χ3v) is 9.96. The molecule has 0 saturated heterocycles. The molecule has 0 nitrogen and oxygen atoms in total. The Morgan fingerprint density at radius 2 is 0.840 bits per heavy atom. The second-order valence-electron chi connectivity index (χ2n) is 15.9. The van der Waals surface area contributed by atoms with E-state index in [0.29, 0.717) is 11.8 Å². The minimum atomic E-state index is 0. The van der Waals surface area contributed by atoms with E-state index in [0.717, 1.165) is 9.52 Å². The zero-order valence-corrected chi connectivity index (χ0v) is 36.4. The molecule has 0 spiro atoms. The maximum atomic E-state index is 2.40. The van der Waals surface area contributed by atoms with Gasteiger partial charge in [0.05, 0.1) is 0 Å². The van der Waals surface area contributed by atoms with Crippen molar-refractivity contribution < 1.29 is 26.2 Å². The van der Waals surface area contributed by atoms with Gasteiger partial charge in [0.25, 0.3) is 0 Å². The van der Waals surface area contributed by atoms with E-state index in [1.807, 2.05) is 0 Å². The van der Waals surface area contributed by atoms with Gasteiger partial charge in [-0.25, -0.2) is 0 Å². The smallest absolute Gasteiger partial charge is 0.164 e. The van der Waals surface area contributed by atoms with E-state index in [4.69, 9.17) is 0 Å². The third kappa shape index (κ3) is 9.74. The van der Waals surface area contributed by atoms with E-state index < -0.39 is 0 Å². The first-order valence-electron chi connectivity index (χ1n) is 18.4. The maximum absolute atomic E-state index is 2.40. The number of fused-ring (bicyclic) bond motifs is 2. The number of rotatable bonds is 6. The van der Waals surface area contributed by atoms with E-state index in [-0.39, 0.29) is 37.0 Å².